The second-order valence-corrected chi connectivity index (χ2v) is 6.51. The summed E-state index contributed by atoms with van der Waals surface area (Å²) in [6.07, 6.45) is 9.83. The highest BCUT2D eigenvalue weighted by atomic mass is 16.1. The second kappa shape index (κ2) is 6.05. The van der Waals surface area contributed by atoms with Crippen molar-refractivity contribution in [1.82, 2.24) is 4.90 Å². The first-order valence-corrected chi connectivity index (χ1v) is 7.63. The number of amides is 1. The third-order valence-electron chi connectivity index (χ3n) is 5.10. The van der Waals surface area contributed by atoms with Crippen LogP contribution in [0.25, 0.3) is 0 Å². The van der Waals surface area contributed by atoms with Crippen molar-refractivity contribution in [2.75, 3.05) is 19.6 Å². The molecule has 0 aromatic rings. The lowest BCUT2D eigenvalue weighted by molar-refractivity contribution is -0.128. The molecule has 0 radical (unpaired) electrons. The van der Waals surface area contributed by atoms with Gasteiger partial charge in [-0.25, -0.2) is 0 Å². The summed E-state index contributed by atoms with van der Waals surface area (Å²) >= 11 is 0. The molecule has 18 heavy (non-hydrogen) atoms. The molecule has 1 atom stereocenters. The van der Waals surface area contributed by atoms with Crippen molar-refractivity contribution in [3.63, 3.8) is 0 Å². The van der Waals surface area contributed by atoms with Crippen molar-refractivity contribution in [2.24, 2.45) is 17.1 Å². The zero-order valence-electron chi connectivity index (χ0n) is 11.8. The Kier molecular flexibility index (Phi) is 4.66. The molecular formula is C15H28N2O. The molecule has 2 aliphatic rings. The van der Waals surface area contributed by atoms with E-state index in [0.717, 1.165) is 19.4 Å². The third-order valence-corrected chi connectivity index (χ3v) is 5.10. The fourth-order valence-electron chi connectivity index (χ4n) is 3.62. The molecule has 1 heterocycles. The van der Waals surface area contributed by atoms with E-state index in [1.54, 1.807) is 0 Å². The molecule has 3 heteroatoms. The van der Waals surface area contributed by atoms with Gasteiger partial charge < -0.3 is 10.6 Å². The number of piperidine rings is 1. The average Bonchev–Trinajstić information content (AvgIpc) is 2.33. The summed E-state index contributed by atoms with van der Waals surface area (Å²) < 4.78 is 0. The van der Waals surface area contributed by atoms with Crippen LogP contribution in [0.5, 0.6) is 0 Å². The summed E-state index contributed by atoms with van der Waals surface area (Å²) in [5, 5.41) is 0. The molecule has 1 unspecified atom stereocenters. The Bertz CT molecular complexity index is 280. The van der Waals surface area contributed by atoms with Crippen LogP contribution in [0.1, 0.15) is 58.3 Å². The van der Waals surface area contributed by atoms with Gasteiger partial charge in [-0.05, 0) is 63.6 Å². The van der Waals surface area contributed by atoms with Crippen LogP contribution in [0.3, 0.4) is 0 Å². The molecule has 2 N–H and O–H groups in total. The fourth-order valence-corrected chi connectivity index (χ4v) is 3.62. The summed E-state index contributed by atoms with van der Waals surface area (Å²) in [4.78, 5) is 14.2. The first-order valence-electron chi connectivity index (χ1n) is 7.63. The van der Waals surface area contributed by atoms with E-state index in [9.17, 15) is 4.79 Å². The van der Waals surface area contributed by atoms with E-state index < -0.39 is 0 Å². The largest absolute Gasteiger partial charge is 0.369 e. The molecule has 0 aromatic carbocycles. The maximum Gasteiger partial charge on any atom is 0.221 e. The van der Waals surface area contributed by atoms with E-state index in [2.05, 4.69) is 11.8 Å². The number of hydrogen-bond donors (Lipinski definition) is 1. The van der Waals surface area contributed by atoms with Crippen LogP contribution in [-0.4, -0.2) is 30.4 Å². The predicted octanol–water partition coefficient (Wildman–Crippen LogP) is 2.54. The smallest absolute Gasteiger partial charge is 0.221 e. The van der Waals surface area contributed by atoms with E-state index in [-0.39, 0.29) is 17.2 Å². The van der Waals surface area contributed by atoms with E-state index in [4.69, 9.17) is 5.73 Å². The number of hydrogen-bond acceptors (Lipinski definition) is 2. The number of rotatable bonds is 6. The molecule has 2 fully saturated rings. The van der Waals surface area contributed by atoms with Crippen LogP contribution in [0.4, 0.5) is 0 Å². The quantitative estimate of drug-likeness (QED) is 0.789. The standard InChI is InChI=1S/C15H28N2O/c1-15(8-6-9-15)13(14(16)18)7-5-12-17-10-3-2-4-11-17/h13H,2-12H2,1H3,(H2,16,18). The van der Waals surface area contributed by atoms with Gasteiger partial charge in [0.05, 0.1) is 0 Å². The molecular weight excluding hydrogens is 224 g/mol. The summed E-state index contributed by atoms with van der Waals surface area (Å²) in [5.74, 6) is 0.0342. The van der Waals surface area contributed by atoms with E-state index in [0.29, 0.717) is 0 Å². The molecule has 0 spiro atoms. The number of likely N-dealkylation sites (tertiary alicyclic amines) is 1. The first-order chi connectivity index (χ1) is 8.62. The Morgan fingerprint density at radius 3 is 2.39 bits per heavy atom. The van der Waals surface area contributed by atoms with E-state index >= 15 is 0 Å². The van der Waals surface area contributed by atoms with Crippen molar-refractivity contribution in [1.29, 1.82) is 0 Å². The SMILES string of the molecule is CC1(C(CCCN2CCCCC2)C(N)=O)CCC1. The molecule has 1 saturated carbocycles. The van der Waals surface area contributed by atoms with Gasteiger partial charge in [-0.1, -0.05) is 19.8 Å². The lowest BCUT2D eigenvalue weighted by Gasteiger charge is -2.44. The van der Waals surface area contributed by atoms with Crippen LogP contribution in [0.2, 0.25) is 0 Å². The van der Waals surface area contributed by atoms with Crippen molar-refractivity contribution >= 4 is 5.91 Å². The lowest BCUT2D eigenvalue weighted by atomic mass is 9.61. The van der Waals surface area contributed by atoms with Gasteiger partial charge in [-0.2, -0.15) is 0 Å². The second-order valence-electron chi connectivity index (χ2n) is 6.51. The predicted molar refractivity (Wildman–Crippen MR) is 74.2 cm³/mol. The number of nitrogens with two attached hydrogens (primary N) is 1. The van der Waals surface area contributed by atoms with Gasteiger partial charge in [0, 0.05) is 5.92 Å². The minimum absolute atomic E-state index is 0.0733. The molecule has 0 aromatic heterocycles. The topological polar surface area (TPSA) is 46.3 Å². The maximum absolute atomic E-state index is 11.6. The van der Waals surface area contributed by atoms with E-state index in [1.165, 1.54) is 51.6 Å². The lowest BCUT2D eigenvalue weighted by Crippen LogP contribution is -2.42. The van der Waals surface area contributed by atoms with Gasteiger partial charge in [0.2, 0.25) is 5.91 Å². The van der Waals surface area contributed by atoms with Crippen LogP contribution < -0.4 is 5.73 Å². The van der Waals surface area contributed by atoms with Gasteiger partial charge in [-0.15, -0.1) is 0 Å². The molecule has 1 amide bonds. The summed E-state index contributed by atoms with van der Waals surface area (Å²) in [5.41, 5.74) is 5.81. The molecule has 2 rings (SSSR count). The number of carbonyl (C=O) groups is 1. The van der Waals surface area contributed by atoms with Gasteiger partial charge >= 0.3 is 0 Å². The Morgan fingerprint density at radius 2 is 1.89 bits per heavy atom. The highest BCUT2D eigenvalue weighted by molar-refractivity contribution is 5.77. The Morgan fingerprint density at radius 1 is 1.22 bits per heavy atom. The highest BCUT2D eigenvalue weighted by Crippen LogP contribution is 2.48. The third kappa shape index (κ3) is 3.25. The monoisotopic (exact) mass is 252 g/mol. The molecule has 3 nitrogen and oxygen atoms in total. The van der Waals surface area contributed by atoms with Crippen LogP contribution in [-0.2, 0) is 4.79 Å². The Hall–Kier alpha value is -0.570. The number of primary amides is 1. The Labute approximate surface area is 111 Å². The number of carbonyl (C=O) groups excluding carboxylic acids is 1. The Balaban J connectivity index is 1.74. The molecule has 1 aliphatic carbocycles. The van der Waals surface area contributed by atoms with Crippen molar-refractivity contribution in [2.45, 2.75) is 58.3 Å². The van der Waals surface area contributed by atoms with Crippen molar-refractivity contribution in [3.8, 4) is 0 Å². The zero-order chi connectivity index (χ0) is 13.0. The average molecular weight is 252 g/mol. The maximum atomic E-state index is 11.6. The minimum atomic E-state index is -0.0733. The highest BCUT2D eigenvalue weighted by Gasteiger charge is 2.42. The summed E-state index contributed by atoms with van der Waals surface area (Å²) in [7, 11) is 0. The number of nitrogens with zero attached hydrogens (tertiary/aromatic N) is 1. The minimum Gasteiger partial charge on any atom is -0.369 e. The van der Waals surface area contributed by atoms with E-state index in [1.807, 2.05) is 0 Å². The van der Waals surface area contributed by atoms with Gasteiger partial charge in [-0.3, -0.25) is 4.79 Å². The van der Waals surface area contributed by atoms with Gasteiger partial charge in [0.15, 0.2) is 0 Å². The van der Waals surface area contributed by atoms with Gasteiger partial charge in [0.25, 0.3) is 0 Å². The first kappa shape index (κ1) is 13.9. The van der Waals surface area contributed by atoms with Crippen molar-refractivity contribution in [3.05, 3.63) is 0 Å². The molecule has 1 saturated heterocycles. The summed E-state index contributed by atoms with van der Waals surface area (Å²) in [6, 6.07) is 0. The van der Waals surface area contributed by atoms with Crippen LogP contribution in [0, 0.1) is 11.3 Å². The molecule has 1 aliphatic heterocycles. The van der Waals surface area contributed by atoms with Gasteiger partial charge in [0.1, 0.15) is 0 Å². The normalized spacial score (nSPS) is 25.4. The van der Waals surface area contributed by atoms with Crippen molar-refractivity contribution < 1.29 is 4.79 Å². The molecule has 0 bridgehead atoms. The van der Waals surface area contributed by atoms with Crippen LogP contribution >= 0.6 is 0 Å². The zero-order valence-corrected chi connectivity index (χ0v) is 11.8. The van der Waals surface area contributed by atoms with Crippen LogP contribution in [0.15, 0.2) is 0 Å². The summed E-state index contributed by atoms with van der Waals surface area (Å²) in [6.45, 7) is 5.89. The fraction of sp³-hybridized carbons (Fsp3) is 0.933. The molecule has 104 valence electrons.